The zero-order chi connectivity index (χ0) is 13.7. The molecule has 0 aliphatic carbocycles. The van der Waals surface area contributed by atoms with E-state index in [2.05, 4.69) is 5.32 Å². The van der Waals surface area contributed by atoms with Gasteiger partial charge in [0.2, 0.25) is 0 Å². The van der Waals surface area contributed by atoms with Gasteiger partial charge in [0, 0.05) is 29.2 Å². The van der Waals surface area contributed by atoms with Crippen LogP contribution in [0.1, 0.15) is 11.1 Å². The van der Waals surface area contributed by atoms with Gasteiger partial charge >= 0.3 is 0 Å². The summed E-state index contributed by atoms with van der Waals surface area (Å²) in [4.78, 5) is 0. The Morgan fingerprint density at radius 1 is 1.11 bits per heavy atom. The van der Waals surface area contributed by atoms with Gasteiger partial charge in [-0.3, -0.25) is 0 Å². The van der Waals surface area contributed by atoms with E-state index in [1.807, 2.05) is 24.3 Å². The minimum Gasteiger partial charge on any atom is -0.496 e. The summed E-state index contributed by atoms with van der Waals surface area (Å²) in [6.45, 7) is 1.06. The average molecular weight is 280 g/mol. The standard InChI is InChI=1S/C15H15ClFNO/c1-19-15-5-3-2-4-12(15)10-18-9-11-6-7-13(16)8-14(11)17/h2-8,18H,9-10H2,1H3. The second kappa shape index (κ2) is 6.55. The number of ether oxygens (including phenoxy) is 1. The first kappa shape index (κ1) is 13.8. The van der Waals surface area contributed by atoms with Gasteiger partial charge in [-0.25, -0.2) is 4.39 Å². The molecule has 0 saturated heterocycles. The molecule has 2 rings (SSSR count). The fourth-order valence-electron chi connectivity index (χ4n) is 1.85. The van der Waals surface area contributed by atoms with E-state index in [1.165, 1.54) is 6.07 Å². The van der Waals surface area contributed by atoms with E-state index in [1.54, 1.807) is 19.2 Å². The van der Waals surface area contributed by atoms with Crippen molar-refractivity contribution in [3.05, 3.63) is 64.4 Å². The lowest BCUT2D eigenvalue weighted by Crippen LogP contribution is -2.14. The second-order valence-corrected chi connectivity index (χ2v) is 4.59. The number of nitrogens with one attached hydrogen (secondary N) is 1. The zero-order valence-corrected chi connectivity index (χ0v) is 11.4. The number of benzene rings is 2. The molecule has 0 atom stereocenters. The van der Waals surface area contributed by atoms with Crippen molar-refractivity contribution in [2.45, 2.75) is 13.1 Å². The van der Waals surface area contributed by atoms with Crippen LogP contribution in [-0.2, 0) is 13.1 Å². The predicted octanol–water partition coefficient (Wildman–Crippen LogP) is 3.78. The Labute approximate surface area is 117 Å². The number of para-hydroxylation sites is 1. The third-order valence-corrected chi connectivity index (χ3v) is 3.07. The highest BCUT2D eigenvalue weighted by Gasteiger charge is 2.04. The fraction of sp³-hybridized carbons (Fsp3) is 0.200. The number of methoxy groups -OCH3 is 1. The van der Waals surface area contributed by atoms with Crippen molar-refractivity contribution in [2.75, 3.05) is 7.11 Å². The first-order chi connectivity index (χ1) is 9.20. The lowest BCUT2D eigenvalue weighted by atomic mass is 10.2. The summed E-state index contributed by atoms with van der Waals surface area (Å²) in [5.41, 5.74) is 1.64. The van der Waals surface area contributed by atoms with Gasteiger partial charge in [0.25, 0.3) is 0 Å². The molecular weight excluding hydrogens is 265 g/mol. The van der Waals surface area contributed by atoms with E-state index >= 15 is 0 Å². The van der Waals surface area contributed by atoms with Crippen LogP contribution in [0.4, 0.5) is 4.39 Å². The SMILES string of the molecule is COc1ccccc1CNCc1ccc(Cl)cc1F. The van der Waals surface area contributed by atoms with Gasteiger partial charge < -0.3 is 10.1 Å². The van der Waals surface area contributed by atoms with Crippen LogP contribution in [-0.4, -0.2) is 7.11 Å². The Bertz CT molecular complexity index is 560. The smallest absolute Gasteiger partial charge is 0.129 e. The van der Waals surface area contributed by atoms with Gasteiger partial charge in [0.1, 0.15) is 11.6 Å². The summed E-state index contributed by atoms with van der Waals surface area (Å²) >= 11 is 5.71. The van der Waals surface area contributed by atoms with E-state index in [0.717, 1.165) is 11.3 Å². The van der Waals surface area contributed by atoms with Crippen LogP contribution in [0.2, 0.25) is 5.02 Å². The number of hydrogen-bond acceptors (Lipinski definition) is 2. The Hall–Kier alpha value is -1.58. The van der Waals surface area contributed by atoms with Gasteiger partial charge in [0.05, 0.1) is 7.11 Å². The zero-order valence-electron chi connectivity index (χ0n) is 10.6. The molecule has 0 amide bonds. The summed E-state index contributed by atoms with van der Waals surface area (Å²) in [6, 6.07) is 12.4. The predicted molar refractivity (Wildman–Crippen MR) is 74.9 cm³/mol. The van der Waals surface area contributed by atoms with Crippen LogP contribution in [0.3, 0.4) is 0 Å². The minimum atomic E-state index is -0.292. The first-order valence-corrected chi connectivity index (χ1v) is 6.35. The second-order valence-electron chi connectivity index (χ2n) is 4.15. The van der Waals surface area contributed by atoms with Crippen LogP contribution in [0, 0.1) is 5.82 Å². The fourth-order valence-corrected chi connectivity index (χ4v) is 2.00. The van der Waals surface area contributed by atoms with E-state index < -0.39 is 0 Å². The lowest BCUT2D eigenvalue weighted by molar-refractivity contribution is 0.407. The molecule has 0 unspecified atom stereocenters. The molecule has 0 aliphatic heterocycles. The maximum absolute atomic E-state index is 13.6. The maximum atomic E-state index is 13.6. The maximum Gasteiger partial charge on any atom is 0.129 e. The summed E-state index contributed by atoms with van der Waals surface area (Å²) in [7, 11) is 1.64. The van der Waals surface area contributed by atoms with Crippen molar-refractivity contribution in [2.24, 2.45) is 0 Å². The Kier molecular flexibility index (Phi) is 4.77. The molecule has 1 N–H and O–H groups in total. The first-order valence-electron chi connectivity index (χ1n) is 5.97. The van der Waals surface area contributed by atoms with Crippen LogP contribution in [0.25, 0.3) is 0 Å². The Balaban J connectivity index is 1.96. The summed E-state index contributed by atoms with van der Waals surface area (Å²) in [6.07, 6.45) is 0. The normalized spacial score (nSPS) is 10.5. The molecular formula is C15H15ClFNO. The summed E-state index contributed by atoms with van der Waals surface area (Å²) in [5.74, 6) is 0.534. The molecule has 2 nitrogen and oxygen atoms in total. The molecule has 4 heteroatoms. The molecule has 0 heterocycles. The van der Waals surface area contributed by atoms with Crippen LogP contribution >= 0.6 is 11.6 Å². The molecule has 0 spiro atoms. The van der Waals surface area contributed by atoms with E-state index in [4.69, 9.17) is 16.3 Å². The molecule has 0 radical (unpaired) electrons. The van der Waals surface area contributed by atoms with Crippen molar-refractivity contribution in [3.63, 3.8) is 0 Å². The molecule has 0 aliphatic rings. The Morgan fingerprint density at radius 3 is 2.58 bits per heavy atom. The number of halogens is 2. The highest BCUT2D eigenvalue weighted by Crippen LogP contribution is 2.18. The van der Waals surface area contributed by atoms with Crippen molar-refractivity contribution < 1.29 is 9.13 Å². The molecule has 2 aromatic rings. The van der Waals surface area contributed by atoms with E-state index in [-0.39, 0.29) is 5.82 Å². The monoisotopic (exact) mass is 279 g/mol. The van der Waals surface area contributed by atoms with Crippen molar-refractivity contribution in [1.29, 1.82) is 0 Å². The van der Waals surface area contributed by atoms with Gasteiger partial charge in [0.15, 0.2) is 0 Å². The number of rotatable bonds is 5. The highest BCUT2D eigenvalue weighted by molar-refractivity contribution is 6.30. The molecule has 19 heavy (non-hydrogen) atoms. The van der Waals surface area contributed by atoms with Crippen molar-refractivity contribution in [3.8, 4) is 5.75 Å². The lowest BCUT2D eigenvalue weighted by Gasteiger charge is -2.10. The summed E-state index contributed by atoms with van der Waals surface area (Å²) < 4.78 is 18.8. The van der Waals surface area contributed by atoms with Crippen molar-refractivity contribution >= 4 is 11.6 Å². The summed E-state index contributed by atoms with van der Waals surface area (Å²) in [5, 5.41) is 3.60. The molecule has 0 aromatic heterocycles. The van der Waals surface area contributed by atoms with E-state index in [9.17, 15) is 4.39 Å². The quantitative estimate of drug-likeness (QED) is 0.899. The van der Waals surface area contributed by atoms with E-state index in [0.29, 0.717) is 23.7 Å². The van der Waals surface area contributed by atoms with Gasteiger partial charge in [-0.1, -0.05) is 35.9 Å². The highest BCUT2D eigenvalue weighted by atomic mass is 35.5. The van der Waals surface area contributed by atoms with Crippen LogP contribution < -0.4 is 10.1 Å². The van der Waals surface area contributed by atoms with Gasteiger partial charge in [-0.2, -0.15) is 0 Å². The minimum absolute atomic E-state index is 0.292. The Morgan fingerprint density at radius 2 is 1.84 bits per heavy atom. The number of hydrogen-bond donors (Lipinski definition) is 1. The molecule has 0 fully saturated rings. The third kappa shape index (κ3) is 3.69. The third-order valence-electron chi connectivity index (χ3n) is 2.84. The van der Waals surface area contributed by atoms with Gasteiger partial charge in [-0.05, 0) is 18.2 Å². The topological polar surface area (TPSA) is 21.3 Å². The molecule has 100 valence electrons. The van der Waals surface area contributed by atoms with Crippen molar-refractivity contribution in [1.82, 2.24) is 5.32 Å². The average Bonchev–Trinajstić information content (AvgIpc) is 2.42. The van der Waals surface area contributed by atoms with Crippen LogP contribution in [0.15, 0.2) is 42.5 Å². The largest absolute Gasteiger partial charge is 0.496 e. The van der Waals surface area contributed by atoms with Crippen LogP contribution in [0.5, 0.6) is 5.75 Å². The van der Waals surface area contributed by atoms with Gasteiger partial charge in [-0.15, -0.1) is 0 Å². The molecule has 0 bridgehead atoms. The molecule has 0 saturated carbocycles. The molecule has 2 aromatic carbocycles.